The fraction of sp³-hybridized carbons (Fsp3) is 0.345. The van der Waals surface area contributed by atoms with Crippen molar-refractivity contribution in [2.45, 2.75) is 56.8 Å². The number of aromatic nitrogens is 1. The van der Waals surface area contributed by atoms with E-state index in [0.29, 0.717) is 11.6 Å². The average Bonchev–Trinajstić information content (AvgIpc) is 3.41. The van der Waals surface area contributed by atoms with Gasteiger partial charge in [0.15, 0.2) is 0 Å². The fourth-order valence-electron chi connectivity index (χ4n) is 4.91. The first-order valence-corrected chi connectivity index (χ1v) is 13.0. The molecule has 3 N–H and O–H groups in total. The zero-order valence-corrected chi connectivity index (χ0v) is 21.9. The molecule has 11 heteroatoms. The SMILES string of the molecule is CCOC(=O)Nc1ccc(C(Cc2ccccc2)(NC(=O)NC2CCCC2)c2cc(F)cc(C(F)(F)F)c2)nc1. The maximum absolute atomic E-state index is 14.8. The molecule has 1 saturated carbocycles. The summed E-state index contributed by atoms with van der Waals surface area (Å²) in [4.78, 5) is 29.7. The van der Waals surface area contributed by atoms with E-state index < -0.39 is 35.2 Å². The van der Waals surface area contributed by atoms with Gasteiger partial charge in [0.2, 0.25) is 0 Å². The Hall–Kier alpha value is -4.15. The van der Waals surface area contributed by atoms with Crippen LogP contribution in [0, 0.1) is 5.82 Å². The maximum Gasteiger partial charge on any atom is 0.416 e. The van der Waals surface area contributed by atoms with E-state index in [2.05, 4.69) is 20.9 Å². The molecule has 1 aromatic heterocycles. The van der Waals surface area contributed by atoms with Gasteiger partial charge in [0, 0.05) is 12.5 Å². The highest BCUT2D eigenvalue weighted by atomic mass is 19.4. The number of hydrogen-bond donors (Lipinski definition) is 3. The molecule has 0 bridgehead atoms. The van der Waals surface area contributed by atoms with Crippen molar-refractivity contribution in [1.29, 1.82) is 0 Å². The number of benzene rings is 2. The number of carbonyl (C=O) groups is 2. The van der Waals surface area contributed by atoms with Gasteiger partial charge in [-0.1, -0.05) is 43.2 Å². The number of urea groups is 1. The van der Waals surface area contributed by atoms with Gasteiger partial charge < -0.3 is 15.4 Å². The Morgan fingerprint density at radius 3 is 2.33 bits per heavy atom. The van der Waals surface area contributed by atoms with E-state index >= 15 is 0 Å². The van der Waals surface area contributed by atoms with E-state index in [9.17, 15) is 27.2 Å². The van der Waals surface area contributed by atoms with E-state index in [1.54, 1.807) is 37.3 Å². The standard InChI is InChI=1S/C29H30F4N4O3/c1-2-40-27(39)36-24-12-13-25(34-18-24)28(17-19-8-4-3-5-9-19,37-26(38)35-23-10-6-7-11-23)20-14-21(29(31,32)33)16-22(30)15-20/h3-5,8-9,12-16,18,23H,2,6-7,10-11,17H2,1H3,(H,36,39)(H2,35,37,38). The number of nitrogens with zero attached hydrogens (tertiary/aromatic N) is 1. The first kappa shape index (κ1) is 28.8. The number of nitrogens with one attached hydrogen (secondary N) is 3. The van der Waals surface area contributed by atoms with Crippen LogP contribution < -0.4 is 16.0 Å². The highest BCUT2D eigenvalue weighted by molar-refractivity contribution is 5.84. The number of ether oxygens (including phenoxy) is 1. The van der Waals surface area contributed by atoms with Gasteiger partial charge >= 0.3 is 18.3 Å². The lowest BCUT2D eigenvalue weighted by Crippen LogP contribution is -2.54. The zero-order chi connectivity index (χ0) is 28.8. The molecule has 1 aliphatic rings. The van der Waals surface area contributed by atoms with Crippen LogP contribution in [-0.4, -0.2) is 29.8 Å². The minimum atomic E-state index is -4.83. The smallest absolute Gasteiger partial charge is 0.416 e. The molecule has 0 radical (unpaired) electrons. The predicted octanol–water partition coefficient (Wildman–Crippen LogP) is 6.54. The molecule has 3 aromatic rings. The Morgan fingerprint density at radius 1 is 1.00 bits per heavy atom. The number of anilines is 1. The van der Waals surface area contributed by atoms with Crippen molar-refractivity contribution in [3.05, 3.63) is 95.1 Å². The molecular formula is C29H30F4N4O3. The van der Waals surface area contributed by atoms with Gasteiger partial charge in [-0.05, 0) is 61.2 Å². The largest absolute Gasteiger partial charge is 0.450 e. The van der Waals surface area contributed by atoms with E-state index in [-0.39, 0.29) is 36.0 Å². The van der Waals surface area contributed by atoms with Crippen LogP contribution >= 0.6 is 0 Å². The van der Waals surface area contributed by atoms with Crippen LogP contribution in [0.25, 0.3) is 0 Å². The van der Waals surface area contributed by atoms with Crippen LogP contribution in [0.4, 0.5) is 32.8 Å². The van der Waals surface area contributed by atoms with E-state index in [1.165, 1.54) is 18.3 Å². The highest BCUT2D eigenvalue weighted by Gasteiger charge is 2.41. The fourth-order valence-corrected chi connectivity index (χ4v) is 4.91. The number of amides is 3. The lowest BCUT2D eigenvalue weighted by Gasteiger charge is -2.36. The van der Waals surface area contributed by atoms with Crippen LogP contribution in [-0.2, 0) is 22.9 Å². The van der Waals surface area contributed by atoms with E-state index in [4.69, 9.17) is 4.74 Å². The number of rotatable bonds is 8. The van der Waals surface area contributed by atoms with Crippen molar-refractivity contribution < 1.29 is 31.9 Å². The Balaban J connectivity index is 1.85. The first-order valence-electron chi connectivity index (χ1n) is 13.0. The molecule has 1 fully saturated rings. The first-order chi connectivity index (χ1) is 19.1. The molecule has 1 heterocycles. The van der Waals surface area contributed by atoms with Crippen molar-refractivity contribution in [1.82, 2.24) is 15.6 Å². The van der Waals surface area contributed by atoms with Crippen molar-refractivity contribution >= 4 is 17.8 Å². The molecular weight excluding hydrogens is 528 g/mol. The summed E-state index contributed by atoms with van der Waals surface area (Å²) in [7, 11) is 0. The summed E-state index contributed by atoms with van der Waals surface area (Å²) >= 11 is 0. The molecule has 7 nitrogen and oxygen atoms in total. The number of halogens is 4. The zero-order valence-electron chi connectivity index (χ0n) is 21.9. The quantitative estimate of drug-likeness (QED) is 0.274. The lowest BCUT2D eigenvalue weighted by molar-refractivity contribution is -0.137. The molecule has 0 saturated heterocycles. The number of alkyl halides is 3. The van der Waals surface area contributed by atoms with Crippen LogP contribution in [0.2, 0.25) is 0 Å². The predicted molar refractivity (Wildman–Crippen MR) is 141 cm³/mol. The Kier molecular flexibility index (Phi) is 8.91. The van der Waals surface area contributed by atoms with Gasteiger partial charge in [-0.25, -0.2) is 14.0 Å². The van der Waals surface area contributed by atoms with Crippen molar-refractivity contribution in [2.24, 2.45) is 0 Å². The Labute approximate surface area is 229 Å². The molecule has 1 unspecified atom stereocenters. The molecule has 2 aromatic carbocycles. The lowest BCUT2D eigenvalue weighted by atomic mass is 9.79. The van der Waals surface area contributed by atoms with E-state index in [0.717, 1.165) is 37.8 Å². The maximum atomic E-state index is 14.8. The minimum Gasteiger partial charge on any atom is -0.450 e. The molecule has 212 valence electrons. The minimum absolute atomic E-state index is 0.0374. The highest BCUT2D eigenvalue weighted by Crippen LogP contribution is 2.38. The Morgan fingerprint density at radius 2 is 1.70 bits per heavy atom. The third-order valence-corrected chi connectivity index (χ3v) is 6.77. The van der Waals surface area contributed by atoms with Gasteiger partial charge in [-0.15, -0.1) is 0 Å². The van der Waals surface area contributed by atoms with Crippen LogP contribution in [0.15, 0.2) is 66.9 Å². The number of hydrogen-bond acceptors (Lipinski definition) is 4. The van der Waals surface area contributed by atoms with Gasteiger partial charge in [-0.2, -0.15) is 13.2 Å². The number of pyridine rings is 1. The summed E-state index contributed by atoms with van der Waals surface area (Å²) in [6.45, 7) is 1.80. The molecule has 1 atom stereocenters. The molecule has 1 aliphatic carbocycles. The summed E-state index contributed by atoms with van der Waals surface area (Å²) in [5.41, 5.74) is -1.97. The second-order valence-electron chi connectivity index (χ2n) is 9.65. The van der Waals surface area contributed by atoms with Crippen LogP contribution in [0.5, 0.6) is 0 Å². The van der Waals surface area contributed by atoms with Gasteiger partial charge in [-0.3, -0.25) is 10.3 Å². The third kappa shape index (κ3) is 7.08. The summed E-state index contributed by atoms with van der Waals surface area (Å²) in [6.07, 6.45) is -0.807. The van der Waals surface area contributed by atoms with Gasteiger partial charge in [0.25, 0.3) is 0 Å². The van der Waals surface area contributed by atoms with Crippen molar-refractivity contribution in [2.75, 3.05) is 11.9 Å². The monoisotopic (exact) mass is 558 g/mol. The summed E-state index contributed by atoms with van der Waals surface area (Å²) < 4.78 is 61.1. The average molecular weight is 559 g/mol. The number of carbonyl (C=O) groups excluding carboxylic acids is 2. The van der Waals surface area contributed by atoms with Crippen LogP contribution in [0.1, 0.15) is 55.0 Å². The van der Waals surface area contributed by atoms with Crippen molar-refractivity contribution in [3.8, 4) is 0 Å². The second-order valence-corrected chi connectivity index (χ2v) is 9.65. The summed E-state index contributed by atoms with van der Waals surface area (Å²) in [6, 6.07) is 13.3. The third-order valence-electron chi connectivity index (χ3n) is 6.77. The molecule has 4 rings (SSSR count). The van der Waals surface area contributed by atoms with Crippen LogP contribution in [0.3, 0.4) is 0 Å². The molecule has 3 amide bonds. The Bertz CT molecular complexity index is 1310. The van der Waals surface area contributed by atoms with Gasteiger partial charge in [0.1, 0.15) is 11.4 Å². The van der Waals surface area contributed by atoms with Gasteiger partial charge in [0.05, 0.1) is 29.7 Å². The summed E-state index contributed by atoms with van der Waals surface area (Å²) in [5, 5.41) is 8.28. The summed E-state index contributed by atoms with van der Waals surface area (Å²) in [5.74, 6) is -1.11. The normalized spacial score (nSPS) is 15.2. The second kappa shape index (κ2) is 12.4. The van der Waals surface area contributed by atoms with E-state index in [1.807, 2.05) is 0 Å². The van der Waals surface area contributed by atoms with Crippen molar-refractivity contribution in [3.63, 3.8) is 0 Å². The molecule has 0 spiro atoms. The topological polar surface area (TPSA) is 92.4 Å². The molecule has 40 heavy (non-hydrogen) atoms. The molecule has 0 aliphatic heterocycles.